The molecule has 26 heavy (non-hydrogen) atoms. The van der Waals surface area contributed by atoms with Crippen LogP contribution in [0.1, 0.15) is 32.6 Å². The fourth-order valence-corrected chi connectivity index (χ4v) is 3.33. The summed E-state index contributed by atoms with van der Waals surface area (Å²) in [6.45, 7) is 3.89. The van der Waals surface area contributed by atoms with Crippen molar-refractivity contribution in [3.63, 3.8) is 0 Å². The monoisotopic (exact) mass is 357 g/mol. The van der Waals surface area contributed by atoms with Crippen LogP contribution in [-0.2, 0) is 17.8 Å². The first-order valence-electron chi connectivity index (χ1n) is 8.38. The average molecular weight is 357 g/mol. The van der Waals surface area contributed by atoms with Crippen LogP contribution in [0.25, 0.3) is 0 Å². The number of aryl methyl sites for hydroxylation is 2. The normalized spacial score (nSPS) is 13.3. The average Bonchev–Trinajstić information content (AvgIpc) is 2.60. The standard InChI is InChI=1S/C20H20FNO4/c1-12-8-15(9-13(2)19(12)26-11-18(23)24)20(25)22-7-6-14-4-3-5-17(21)16(14)10-22/h3-5,8-9H,6-7,10-11H2,1-2H3,(H,23,24). The molecule has 0 atom stereocenters. The zero-order chi connectivity index (χ0) is 18.8. The molecule has 1 aliphatic heterocycles. The number of carbonyl (C=O) groups excluding carboxylic acids is 1. The van der Waals surface area contributed by atoms with Crippen LogP contribution >= 0.6 is 0 Å². The first kappa shape index (κ1) is 17.9. The maximum atomic E-state index is 14.0. The van der Waals surface area contributed by atoms with Crippen LogP contribution in [0, 0.1) is 19.7 Å². The van der Waals surface area contributed by atoms with Crippen LogP contribution in [0.5, 0.6) is 5.75 Å². The van der Waals surface area contributed by atoms with Gasteiger partial charge < -0.3 is 14.7 Å². The summed E-state index contributed by atoms with van der Waals surface area (Å²) >= 11 is 0. The van der Waals surface area contributed by atoms with Crippen molar-refractivity contribution in [2.45, 2.75) is 26.8 Å². The predicted octanol–water partition coefficient (Wildman–Crippen LogP) is 3.10. The predicted molar refractivity (Wildman–Crippen MR) is 93.9 cm³/mol. The molecule has 0 aliphatic carbocycles. The Bertz CT molecular complexity index is 855. The molecule has 1 heterocycles. The van der Waals surface area contributed by atoms with E-state index in [4.69, 9.17) is 9.84 Å². The summed E-state index contributed by atoms with van der Waals surface area (Å²) in [5.74, 6) is -1.04. The number of carboxylic acids is 1. The molecule has 6 heteroatoms. The van der Waals surface area contributed by atoms with E-state index in [1.54, 1.807) is 36.9 Å². The molecule has 0 unspecified atom stereocenters. The van der Waals surface area contributed by atoms with E-state index in [2.05, 4.69) is 0 Å². The lowest BCUT2D eigenvalue weighted by molar-refractivity contribution is -0.139. The van der Waals surface area contributed by atoms with Crippen LogP contribution in [0.3, 0.4) is 0 Å². The van der Waals surface area contributed by atoms with Crippen LogP contribution < -0.4 is 4.74 Å². The number of halogens is 1. The van der Waals surface area contributed by atoms with E-state index >= 15 is 0 Å². The van der Waals surface area contributed by atoms with Gasteiger partial charge in [0.05, 0.1) is 0 Å². The lowest BCUT2D eigenvalue weighted by Gasteiger charge is -2.29. The van der Waals surface area contributed by atoms with Gasteiger partial charge in [0.2, 0.25) is 0 Å². The Kier molecular flexibility index (Phi) is 4.93. The number of fused-ring (bicyclic) bond motifs is 1. The minimum Gasteiger partial charge on any atom is -0.481 e. The quantitative estimate of drug-likeness (QED) is 0.913. The van der Waals surface area contributed by atoms with Gasteiger partial charge in [-0.3, -0.25) is 4.79 Å². The zero-order valence-corrected chi connectivity index (χ0v) is 14.7. The number of hydrogen-bond acceptors (Lipinski definition) is 3. The Hall–Kier alpha value is -2.89. The third kappa shape index (κ3) is 3.54. The molecule has 2 aromatic carbocycles. The molecule has 1 amide bonds. The molecule has 0 saturated heterocycles. The number of aliphatic carboxylic acids is 1. The SMILES string of the molecule is Cc1cc(C(=O)N2CCc3cccc(F)c3C2)cc(C)c1OCC(=O)O. The van der Waals surface area contributed by atoms with E-state index in [0.717, 1.165) is 5.56 Å². The Morgan fingerprint density at radius 2 is 1.92 bits per heavy atom. The van der Waals surface area contributed by atoms with Gasteiger partial charge in [-0.1, -0.05) is 12.1 Å². The smallest absolute Gasteiger partial charge is 0.341 e. The van der Waals surface area contributed by atoms with Gasteiger partial charge in [0.15, 0.2) is 6.61 Å². The second-order valence-corrected chi connectivity index (χ2v) is 6.48. The van der Waals surface area contributed by atoms with Gasteiger partial charge in [-0.25, -0.2) is 9.18 Å². The third-order valence-corrected chi connectivity index (χ3v) is 4.55. The highest BCUT2D eigenvalue weighted by molar-refractivity contribution is 5.95. The fraction of sp³-hybridized carbons (Fsp3) is 0.300. The topological polar surface area (TPSA) is 66.8 Å². The number of ether oxygens (including phenoxy) is 1. The van der Waals surface area contributed by atoms with E-state index < -0.39 is 12.6 Å². The maximum absolute atomic E-state index is 14.0. The third-order valence-electron chi connectivity index (χ3n) is 4.55. The number of nitrogens with zero attached hydrogens (tertiary/aromatic N) is 1. The van der Waals surface area contributed by atoms with Crippen LogP contribution in [-0.4, -0.2) is 35.0 Å². The summed E-state index contributed by atoms with van der Waals surface area (Å²) in [5, 5.41) is 8.76. The molecule has 1 N–H and O–H groups in total. The molecular formula is C20H20FNO4. The van der Waals surface area contributed by atoms with Crippen molar-refractivity contribution < 1.29 is 23.8 Å². The molecule has 0 saturated carbocycles. The molecule has 3 rings (SSSR count). The summed E-state index contributed by atoms with van der Waals surface area (Å²) in [7, 11) is 0. The number of carboxylic acid groups (broad SMARTS) is 1. The van der Waals surface area contributed by atoms with Crippen LogP contribution in [0.15, 0.2) is 30.3 Å². The molecular weight excluding hydrogens is 337 g/mol. The molecule has 5 nitrogen and oxygen atoms in total. The van der Waals surface area contributed by atoms with Gasteiger partial charge >= 0.3 is 5.97 Å². The summed E-state index contributed by atoms with van der Waals surface area (Å²) < 4.78 is 19.3. The number of benzene rings is 2. The van der Waals surface area contributed by atoms with E-state index in [-0.39, 0.29) is 18.3 Å². The second kappa shape index (κ2) is 7.15. The molecule has 1 aliphatic rings. The van der Waals surface area contributed by atoms with Crippen molar-refractivity contribution in [1.82, 2.24) is 4.90 Å². The van der Waals surface area contributed by atoms with E-state index in [0.29, 0.717) is 41.0 Å². The van der Waals surface area contributed by atoms with Crippen molar-refractivity contribution in [2.24, 2.45) is 0 Å². The molecule has 0 spiro atoms. The minimum atomic E-state index is -1.06. The van der Waals surface area contributed by atoms with Gasteiger partial charge in [0, 0.05) is 24.2 Å². The lowest BCUT2D eigenvalue weighted by Crippen LogP contribution is -2.36. The Labute approximate surface area is 151 Å². The van der Waals surface area contributed by atoms with E-state index in [1.807, 2.05) is 6.07 Å². The van der Waals surface area contributed by atoms with Gasteiger partial charge in [-0.05, 0) is 55.2 Å². The van der Waals surface area contributed by atoms with Crippen LogP contribution in [0.2, 0.25) is 0 Å². The Morgan fingerprint density at radius 3 is 2.58 bits per heavy atom. The zero-order valence-electron chi connectivity index (χ0n) is 14.7. The highest BCUT2D eigenvalue weighted by Crippen LogP contribution is 2.27. The van der Waals surface area contributed by atoms with E-state index in [9.17, 15) is 14.0 Å². The number of rotatable bonds is 4. The molecule has 0 radical (unpaired) electrons. The fourth-order valence-electron chi connectivity index (χ4n) is 3.33. The number of hydrogen-bond donors (Lipinski definition) is 1. The molecule has 2 aromatic rings. The summed E-state index contributed by atoms with van der Waals surface area (Å²) in [6.07, 6.45) is 0.622. The highest BCUT2D eigenvalue weighted by Gasteiger charge is 2.24. The van der Waals surface area contributed by atoms with Gasteiger partial charge in [0.1, 0.15) is 11.6 Å². The second-order valence-electron chi connectivity index (χ2n) is 6.48. The van der Waals surface area contributed by atoms with Gasteiger partial charge in [-0.15, -0.1) is 0 Å². The highest BCUT2D eigenvalue weighted by atomic mass is 19.1. The number of carbonyl (C=O) groups is 2. The summed E-state index contributed by atoms with van der Waals surface area (Å²) in [5.41, 5.74) is 3.39. The van der Waals surface area contributed by atoms with Crippen molar-refractivity contribution in [2.75, 3.05) is 13.2 Å². The Balaban J connectivity index is 1.82. The molecule has 0 fully saturated rings. The molecule has 0 aromatic heterocycles. The van der Waals surface area contributed by atoms with Crippen molar-refractivity contribution in [3.8, 4) is 5.75 Å². The minimum absolute atomic E-state index is 0.171. The van der Waals surface area contributed by atoms with E-state index in [1.165, 1.54) is 6.07 Å². The summed E-state index contributed by atoms with van der Waals surface area (Å²) in [4.78, 5) is 25.2. The van der Waals surface area contributed by atoms with Crippen molar-refractivity contribution in [1.29, 1.82) is 0 Å². The lowest BCUT2D eigenvalue weighted by atomic mass is 9.98. The molecule has 136 valence electrons. The van der Waals surface area contributed by atoms with Gasteiger partial charge in [-0.2, -0.15) is 0 Å². The molecule has 0 bridgehead atoms. The largest absolute Gasteiger partial charge is 0.481 e. The first-order chi connectivity index (χ1) is 12.4. The van der Waals surface area contributed by atoms with Crippen molar-refractivity contribution in [3.05, 3.63) is 64.0 Å². The number of amides is 1. The van der Waals surface area contributed by atoms with Crippen molar-refractivity contribution >= 4 is 11.9 Å². The van der Waals surface area contributed by atoms with Crippen LogP contribution in [0.4, 0.5) is 4.39 Å². The summed E-state index contributed by atoms with van der Waals surface area (Å²) in [6, 6.07) is 8.36. The van der Waals surface area contributed by atoms with Gasteiger partial charge in [0.25, 0.3) is 5.91 Å². The maximum Gasteiger partial charge on any atom is 0.341 e. The Morgan fingerprint density at radius 1 is 1.23 bits per heavy atom. The first-order valence-corrected chi connectivity index (χ1v) is 8.38.